The van der Waals surface area contributed by atoms with E-state index in [1.165, 1.54) is 16.9 Å². The van der Waals surface area contributed by atoms with Crippen LogP contribution in [0.1, 0.15) is 59.1 Å². The molecule has 1 aromatic rings. The van der Waals surface area contributed by atoms with Gasteiger partial charge in [0, 0.05) is 15.7 Å². The number of thioether (sulfide) groups is 1. The Hall–Kier alpha value is -0.180. The number of nitrogens with two attached hydrogens (primary N) is 1. The minimum Gasteiger partial charge on any atom is -0.324 e. The number of benzene rings is 1. The van der Waals surface area contributed by atoms with Crippen LogP contribution in [0.2, 0.25) is 0 Å². The molecule has 0 bridgehead atoms. The zero-order valence-electron chi connectivity index (χ0n) is 12.8. The number of hydrogen-bond acceptors (Lipinski definition) is 2. The molecule has 1 nitrogen and oxygen atoms in total. The Morgan fingerprint density at radius 1 is 1.11 bits per heavy atom. The first-order chi connectivity index (χ1) is 8.29. The standard InChI is InChI=1S/C16H27NS.ClH/c1-12(2)10-11-14(17)13-8-6-7-9-15(13)18-16(3,4)5;/h6-9,12,14H,10-11,17H2,1-5H3;1H/t14-;/m0./s1. The highest BCUT2D eigenvalue weighted by molar-refractivity contribution is 8.00. The summed E-state index contributed by atoms with van der Waals surface area (Å²) in [6, 6.07) is 8.74. The largest absolute Gasteiger partial charge is 0.324 e. The van der Waals surface area contributed by atoms with Crippen LogP contribution in [0, 0.1) is 5.92 Å². The average Bonchev–Trinajstić information content (AvgIpc) is 2.24. The fourth-order valence-electron chi connectivity index (χ4n) is 1.88. The van der Waals surface area contributed by atoms with Crippen molar-refractivity contribution >= 4 is 24.2 Å². The van der Waals surface area contributed by atoms with E-state index in [0.717, 1.165) is 12.3 Å². The van der Waals surface area contributed by atoms with E-state index >= 15 is 0 Å². The van der Waals surface area contributed by atoms with Gasteiger partial charge in [-0.05, 0) is 30.4 Å². The fourth-order valence-corrected chi connectivity index (χ4v) is 3.02. The lowest BCUT2D eigenvalue weighted by Crippen LogP contribution is -2.14. The maximum atomic E-state index is 6.35. The molecule has 0 heterocycles. The van der Waals surface area contributed by atoms with E-state index < -0.39 is 0 Å². The van der Waals surface area contributed by atoms with Crippen LogP contribution in [0.5, 0.6) is 0 Å². The molecule has 0 aliphatic heterocycles. The van der Waals surface area contributed by atoms with Gasteiger partial charge >= 0.3 is 0 Å². The monoisotopic (exact) mass is 301 g/mol. The molecule has 0 aliphatic rings. The summed E-state index contributed by atoms with van der Waals surface area (Å²) in [6.45, 7) is 11.2. The van der Waals surface area contributed by atoms with Gasteiger partial charge in [-0.2, -0.15) is 0 Å². The topological polar surface area (TPSA) is 26.0 Å². The summed E-state index contributed by atoms with van der Waals surface area (Å²) in [5, 5.41) is 0. The Morgan fingerprint density at radius 3 is 2.21 bits per heavy atom. The highest BCUT2D eigenvalue weighted by Crippen LogP contribution is 2.36. The molecule has 3 heteroatoms. The normalized spacial score (nSPS) is 13.2. The average molecular weight is 302 g/mol. The summed E-state index contributed by atoms with van der Waals surface area (Å²) in [5.41, 5.74) is 7.65. The zero-order valence-corrected chi connectivity index (χ0v) is 14.4. The number of halogens is 1. The highest BCUT2D eigenvalue weighted by atomic mass is 35.5. The van der Waals surface area contributed by atoms with Gasteiger partial charge in [-0.25, -0.2) is 0 Å². The van der Waals surface area contributed by atoms with Crippen molar-refractivity contribution in [1.29, 1.82) is 0 Å². The molecule has 0 fully saturated rings. The number of hydrogen-bond donors (Lipinski definition) is 1. The minimum absolute atomic E-state index is 0. The Morgan fingerprint density at radius 2 is 1.68 bits per heavy atom. The molecule has 0 spiro atoms. The minimum atomic E-state index is 0. The summed E-state index contributed by atoms with van der Waals surface area (Å²) < 4.78 is 0.230. The van der Waals surface area contributed by atoms with Crippen molar-refractivity contribution < 1.29 is 0 Å². The Bertz CT molecular complexity index is 371. The van der Waals surface area contributed by atoms with Gasteiger partial charge in [0.1, 0.15) is 0 Å². The second kappa shape index (κ2) is 8.18. The van der Waals surface area contributed by atoms with Crippen molar-refractivity contribution in [1.82, 2.24) is 0 Å². The second-order valence-electron chi connectivity index (χ2n) is 6.33. The molecule has 19 heavy (non-hydrogen) atoms. The van der Waals surface area contributed by atoms with E-state index in [-0.39, 0.29) is 23.2 Å². The van der Waals surface area contributed by atoms with Gasteiger partial charge in [0.2, 0.25) is 0 Å². The van der Waals surface area contributed by atoms with Gasteiger partial charge in [0.05, 0.1) is 0 Å². The molecule has 1 aromatic carbocycles. The summed E-state index contributed by atoms with van der Waals surface area (Å²) in [5.74, 6) is 0.721. The summed E-state index contributed by atoms with van der Waals surface area (Å²) in [6.07, 6.45) is 2.26. The third kappa shape index (κ3) is 7.24. The van der Waals surface area contributed by atoms with Crippen molar-refractivity contribution in [2.45, 2.75) is 63.1 Å². The van der Waals surface area contributed by atoms with E-state index in [1.54, 1.807) is 0 Å². The predicted molar refractivity (Wildman–Crippen MR) is 90.3 cm³/mol. The van der Waals surface area contributed by atoms with Gasteiger partial charge in [-0.15, -0.1) is 24.2 Å². The smallest absolute Gasteiger partial charge is 0.0306 e. The van der Waals surface area contributed by atoms with Crippen molar-refractivity contribution in [3.8, 4) is 0 Å². The van der Waals surface area contributed by atoms with Crippen molar-refractivity contribution in [3.05, 3.63) is 29.8 Å². The van der Waals surface area contributed by atoms with Crippen molar-refractivity contribution in [3.63, 3.8) is 0 Å². The molecule has 1 rings (SSSR count). The van der Waals surface area contributed by atoms with Crippen LogP contribution in [0.4, 0.5) is 0 Å². The van der Waals surface area contributed by atoms with Gasteiger partial charge in [0.15, 0.2) is 0 Å². The maximum Gasteiger partial charge on any atom is 0.0306 e. The number of rotatable bonds is 5. The van der Waals surface area contributed by atoms with E-state index in [0.29, 0.717) is 0 Å². The Labute approximate surface area is 129 Å². The molecular formula is C16H28ClNS. The molecule has 0 unspecified atom stereocenters. The molecule has 0 amide bonds. The fraction of sp³-hybridized carbons (Fsp3) is 0.625. The molecule has 0 saturated heterocycles. The lowest BCUT2D eigenvalue weighted by molar-refractivity contribution is 0.504. The molecule has 110 valence electrons. The van der Waals surface area contributed by atoms with Gasteiger partial charge < -0.3 is 5.73 Å². The van der Waals surface area contributed by atoms with Crippen molar-refractivity contribution in [2.24, 2.45) is 11.7 Å². The van der Waals surface area contributed by atoms with E-state index in [9.17, 15) is 0 Å². The van der Waals surface area contributed by atoms with Crippen LogP contribution < -0.4 is 5.73 Å². The van der Waals surface area contributed by atoms with Crippen LogP contribution in [0.3, 0.4) is 0 Å². The summed E-state index contributed by atoms with van der Waals surface area (Å²) in [7, 11) is 0. The first-order valence-corrected chi connectivity index (χ1v) is 7.65. The second-order valence-corrected chi connectivity index (χ2v) is 8.20. The molecule has 0 aromatic heterocycles. The molecule has 2 N–H and O–H groups in total. The van der Waals surface area contributed by atoms with Crippen LogP contribution in [0.15, 0.2) is 29.2 Å². The molecule has 0 aliphatic carbocycles. The molecule has 0 saturated carbocycles. The third-order valence-corrected chi connectivity index (χ3v) is 3.99. The lowest BCUT2D eigenvalue weighted by atomic mass is 9.98. The summed E-state index contributed by atoms with van der Waals surface area (Å²) >= 11 is 1.91. The third-order valence-electron chi connectivity index (χ3n) is 2.79. The SMILES string of the molecule is CC(C)CC[C@H](N)c1ccccc1SC(C)(C)C.Cl. The van der Waals surface area contributed by atoms with Crippen LogP contribution in [-0.4, -0.2) is 4.75 Å². The van der Waals surface area contributed by atoms with Gasteiger partial charge in [-0.1, -0.05) is 52.8 Å². The summed E-state index contributed by atoms with van der Waals surface area (Å²) in [4.78, 5) is 1.33. The molecule has 1 atom stereocenters. The highest BCUT2D eigenvalue weighted by Gasteiger charge is 2.17. The predicted octanol–water partition coefficient (Wildman–Crippen LogP) is 5.44. The lowest BCUT2D eigenvalue weighted by Gasteiger charge is -2.22. The first-order valence-electron chi connectivity index (χ1n) is 6.83. The molecular weight excluding hydrogens is 274 g/mol. The van der Waals surface area contributed by atoms with Crippen molar-refractivity contribution in [2.75, 3.05) is 0 Å². The van der Waals surface area contributed by atoms with Gasteiger partial charge in [-0.3, -0.25) is 0 Å². The van der Waals surface area contributed by atoms with Gasteiger partial charge in [0.25, 0.3) is 0 Å². The quantitative estimate of drug-likeness (QED) is 0.733. The zero-order chi connectivity index (χ0) is 13.8. The van der Waals surface area contributed by atoms with Crippen LogP contribution in [0.25, 0.3) is 0 Å². The van der Waals surface area contributed by atoms with E-state index in [2.05, 4.69) is 58.9 Å². The first kappa shape index (κ1) is 18.8. The molecule has 0 radical (unpaired) electrons. The van der Waals surface area contributed by atoms with E-state index in [4.69, 9.17) is 5.73 Å². The van der Waals surface area contributed by atoms with E-state index in [1.807, 2.05) is 11.8 Å². The maximum absolute atomic E-state index is 6.35. The Kier molecular flexibility index (Phi) is 8.11. The van der Waals surface area contributed by atoms with Crippen LogP contribution in [-0.2, 0) is 0 Å². The Balaban J connectivity index is 0.00000324. The van der Waals surface area contributed by atoms with Crippen LogP contribution >= 0.6 is 24.2 Å².